The SMILES string of the molecule is Cc1ccc(C=NNC(=O)Cc2cccc3ccccc23)o1. The summed E-state index contributed by atoms with van der Waals surface area (Å²) in [5.41, 5.74) is 3.51. The fourth-order valence-corrected chi connectivity index (χ4v) is 2.35. The van der Waals surface area contributed by atoms with E-state index in [1.165, 1.54) is 6.21 Å². The van der Waals surface area contributed by atoms with Crippen molar-refractivity contribution in [3.8, 4) is 0 Å². The maximum atomic E-state index is 12.0. The largest absolute Gasteiger partial charge is 0.460 e. The van der Waals surface area contributed by atoms with Crippen LogP contribution in [-0.2, 0) is 11.2 Å². The fraction of sp³-hybridized carbons (Fsp3) is 0.111. The van der Waals surface area contributed by atoms with Crippen molar-refractivity contribution in [1.29, 1.82) is 0 Å². The van der Waals surface area contributed by atoms with Crippen LogP contribution in [0.4, 0.5) is 0 Å². The summed E-state index contributed by atoms with van der Waals surface area (Å²) in [6.07, 6.45) is 1.78. The highest BCUT2D eigenvalue weighted by Crippen LogP contribution is 2.18. The Kier molecular flexibility index (Phi) is 4.01. The number of hydrogen-bond acceptors (Lipinski definition) is 3. The third kappa shape index (κ3) is 3.23. The van der Waals surface area contributed by atoms with Gasteiger partial charge in [0.25, 0.3) is 0 Å². The van der Waals surface area contributed by atoms with Crippen LogP contribution in [0.2, 0.25) is 0 Å². The Bertz CT molecular complexity index is 828. The van der Waals surface area contributed by atoms with Crippen molar-refractivity contribution in [3.05, 3.63) is 71.7 Å². The van der Waals surface area contributed by atoms with Crippen LogP contribution in [0, 0.1) is 6.92 Å². The highest BCUT2D eigenvalue weighted by Gasteiger charge is 2.05. The highest BCUT2D eigenvalue weighted by atomic mass is 16.3. The minimum Gasteiger partial charge on any atom is -0.460 e. The lowest BCUT2D eigenvalue weighted by Gasteiger charge is -2.05. The number of nitrogens with zero attached hydrogens (tertiary/aromatic N) is 1. The fourth-order valence-electron chi connectivity index (χ4n) is 2.35. The Morgan fingerprint density at radius 2 is 1.95 bits per heavy atom. The third-order valence-electron chi connectivity index (χ3n) is 3.37. The number of aryl methyl sites for hydroxylation is 1. The Balaban J connectivity index is 1.67. The average molecular weight is 292 g/mol. The van der Waals surface area contributed by atoms with Gasteiger partial charge in [0.2, 0.25) is 5.91 Å². The van der Waals surface area contributed by atoms with Crippen molar-refractivity contribution in [2.45, 2.75) is 13.3 Å². The Morgan fingerprint density at radius 3 is 2.77 bits per heavy atom. The molecule has 1 N–H and O–H groups in total. The molecule has 1 aromatic heterocycles. The molecule has 0 saturated heterocycles. The molecule has 0 aliphatic heterocycles. The van der Waals surface area contributed by atoms with E-state index < -0.39 is 0 Å². The third-order valence-corrected chi connectivity index (χ3v) is 3.37. The molecule has 0 bridgehead atoms. The molecule has 3 aromatic rings. The Morgan fingerprint density at radius 1 is 1.14 bits per heavy atom. The monoisotopic (exact) mass is 292 g/mol. The molecule has 4 nitrogen and oxygen atoms in total. The van der Waals surface area contributed by atoms with Crippen LogP contribution >= 0.6 is 0 Å². The standard InChI is InChI=1S/C18H16N2O2/c1-13-9-10-16(22-13)12-19-20-18(21)11-15-7-4-6-14-5-2-3-8-17(14)15/h2-10,12H,11H2,1H3,(H,20,21). The first kappa shape index (κ1) is 14.1. The van der Waals surface area contributed by atoms with E-state index in [9.17, 15) is 4.79 Å². The van der Waals surface area contributed by atoms with Gasteiger partial charge in [-0.25, -0.2) is 5.43 Å². The second-order valence-corrected chi connectivity index (χ2v) is 5.06. The van der Waals surface area contributed by atoms with Crippen LogP contribution in [-0.4, -0.2) is 12.1 Å². The molecular formula is C18H16N2O2. The molecular weight excluding hydrogens is 276 g/mol. The predicted octanol–water partition coefficient (Wildman–Crippen LogP) is 3.43. The van der Waals surface area contributed by atoms with E-state index in [4.69, 9.17) is 4.42 Å². The maximum Gasteiger partial charge on any atom is 0.244 e. The molecule has 0 aliphatic carbocycles. The van der Waals surface area contributed by atoms with Crippen LogP contribution in [0.3, 0.4) is 0 Å². The molecule has 0 aliphatic rings. The number of carbonyl (C=O) groups excluding carboxylic acids is 1. The minimum absolute atomic E-state index is 0.157. The van der Waals surface area contributed by atoms with Gasteiger partial charge in [0.1, 0.15) is 11.5 Å². The molecule has 0 fully saturated rings. The second-order valence-electron chi connectivity index (χ2n) is 5.06. The molecule has 0 radical (unpaired) electrons. The van der Waals surface area contributed by atoms with Gasteiger partial charge in [-0.05, 0) is 35.4 Å². The first-order chi connectivity index (χ1) is 10.7. The normalized spacial score (nSPS) is 11.1. The van der Waals surface area contributed by atoms with Crippen molar-refractivity contribution >= 4 is 22.9 Å². The number of fused-ring (bicyclic) bond motifs is 1. The van der Waals surface area contributed by atoms with E-state index in [2.05, 4.69) is 10.5 Å². The first-order valence-corrected chi connectivity index (χ1v) is 7.07. The molecule has 22 heavy (non-hydrogen) atoms. The summed E-state index contributed by atoms with van der Waals surface area (Å²) >= 11 is 0. The van der Waals surface area contributed by atoms with Crippen LogP contribution in [0.5, 0.6) is 0 Å². The molecule has 0 saturated carbocycles. The van der Waals surface area contributed by atoms with E-state index in [-0.39, 0.29) is 12.3 Å². The van der Waals surface area contributed by atoms with Gasteiger partial charge >= 0.3 is 0 Å². The number of nitrogens with one attached hydrogen (secondary N) is 1. The number of carbonyl (C=O) groups is 1. The summed E-state index contributed by atoms with van der Waals surface area (Å²) in [4.78, 5) is 12.0. The van der Waals surface area contributed by atoms with E-state index in [0.717, 1.165) is 22.1 Å². The molecule has 110 valence electrons. The van der Waals surface area contributed by atoms with E-state index in [0.29, 0.717) is 5.76 Å². The summed E-state index contributed by atoms with van der Waals surface area (Å²) in [7, 11) is 0. The molecule has 0 unspecified atom stereocenters. The summed E-state index contributed by atoms with van der Waals surface area (Å²) < 4.78 is 5.34. The van der Waals surface area contributed by atoms with Gasteiger partial charge in [-0.3, -0.25) is 4.79 Å². The molecule has 0 spiro atoms. The summed E-state index contributed by atoms with van der Waals surface area (Å²) in [5, 5.41) is 6.13. The maximum absolute atomic E-state index is 12.0. The number of benzene rings is 2. The average Bonchev–Trinajstić information content (AvgIpc) is 2.93. The van der Waals surface area contributed by atoms with Crippen LogP contribution < -0.4 is 5.43 Å². The van der Waals surface area contributed by atoms with E-state index >= 15 is 0 Å². The number of hydrogen-bond donors (Lipinski definition) is 1. The number of rotatable bonds is 4. The molecule has 3 rings (SSSR count). The quantitative estimate of drug-likeness (QED) is 0.591. The molecule has 4 heteroatoms. The van der Waals surface area contributed by atoms with Gasteiger partial charge in [0.05, 0.1) is 12.6 Å². The van der Waals surface area contributed by atoms with Crippen molar-refractivity contribution in [2.75, 3.05) is 0 Å². The smallest absolute Gasteiger partial charge is 0.244 e. The van der Waals surface area contributed by atoms with Gasteiger partial charge in [-0.1, -0.05) is 42.5 Å². The van der Waals surface area contributed by atoms with E-state index in [1.807, 2.05) is 55.5 Å². The zero-order chi connectivity index (χ0) is 15.4. The number of amides is 1. The summed E-state index contributed by atoms with van der Waals surface area (Å²) in [5.74, 6) is 1.27. The summed E-state index contributed by atoms with van der Waals surface area (Å²) in [6, 6.07) is 17.6. The van der Waals surface area contributed by atoms with Crippen molar-refractivity contribution in [3.63, 3.8) is 0 Å². The van der Waals surface area contributed by atoms with Crippen molar-refractivity contribution in [1.82, 2.24) is 5.43 Å². The van der Waals surface area contributed by atoms with Crippen LogP contribution in [0.25, 0.3) is 10.8 Å². The van der Waals surface area contributed by atoms with Gasteiger partial charge in [0, 0.05) is 0 Å². The Labute approximate surface area is 128 Å². The number of furan rings is 1. The molecule has 2 aromatic carbocycles. The molecule has 0 atom stereocenters. The lowest BCUT2D eigenvalue weighted by atomic mass is 10.0. The highest BCUT2D eigenvalue weighted by molar-refractivity contribution is 5.90. The zero-order valence-corrected chi connectivity index (χ0v) is 12.2. The van der Waals surface area contributed by atoms with E-state index in [1.54, 1.807) is 6.07 Å². The zero-order valence-electron chi connectivity index (χ0n) is 12.2. The predicted molar refractivity (Wildman–Crippen MR) is 86.8 cm³/mol. The molecule has 1 heterocycles. The van der Waals surface area contributed by atoms with Crippen LogP contribution in [0.15, 0.2) is 64.1 Å². The lowest BCUT2D eigenvalue weighted by Crippen LogP contribution is -2.19. The Hall–Kier alpha value is -2.88. The van der Waals surface area contributed by atoms with Gasteiger partial charge < -0.3 is 4.42 Å². The lowest BCUT2D eigenvalue weighted by molar-refractivity contribution is -0.120. The van der Waals surface area contributed by atoms with Gasteiger partial charge in [0.15, 0.2) is 0 Å². The van der Waals surface area contributed by atoms with Crippen molar-refractivity contribution in [2.24, 2.45) is 5.10 Å². The first-order valence-electron chi connectivity index (χ1n) is 7.07. The summed E-state index contributed by atoms with van der Waals surface area (Å²) in [6.45, 7) is 1.86. The van der Waals surface area contributed by atoms with Gasteiger partial charge in [-0.2, -0.15) is 5.10 Å². The van der Waals surface area contributed by atoms with Crippen LogP contribution in [0.1, 0.15) is 17.1 Å². The van der Waals surface area contributed by atoms with Gasteiger partial charge in [-0.15, -0.1) is 0 Å². The number of hydrazone groups is 1. The minimum atomic E-state index is -0.157. The molecule has 1 amide bonds. The topological polar surface area (TPSA) is 54.6 Å². The van der Waals surface area contributed by atoms with Crippen molar-refractivity contribution < 1.29 is 9.21 Å². The second kappa shape index (κ2) is 6.26.